The number of nitrogens with zero attached hydrogens (tertiary/aromatic N) is 1. The molecule has 5 nitrogen and oxygen atoms in total. The molecule has 2 aromatic rings. The van der Waals surface area contributed by atoms with Gasteiger partial charge in [0, 0.05) is 5.69 Å². The van der Waals surface area contributed by atoms with Crippen molar-refractivity contribution in [3.63, 3.8) is 0 Å². The maximum atomic E-state index is 13.2. The number of nitrogens with one attached hydrogen (secondary N) is 1. The van der Waals surface area contributed by atoms with Gasteiger partial charge in [-0.05, 0) is 74.3 Å². The van der Waals surface area contributed by atoms with Gasteiger partial charge in [-0.25, -0.2) is 4.90 Å². The molecule has 3 aliphatic rings. The molecule has 1 aliphatic heterocycles. The molecule has 0 aromatic heterocycles. The Morgan fingerprint density at radius 1 is 0.931 bits per heavy atom. The molecule has 148 valence electrons. The van der Waals surface area contributed by atoms with Crippen LogP contribution in [-0.2, 0) is 9.59 Å². The number of fused-ring (bicyclic) bond motifs is 5. The van der Waals surface area contributed by atoms with Gasteiger partial charge in [0.1, 0.15) is 0 Å². The van der Waals surface area contributed by atoms with Crippen molar-refractivity contribution in [2.45, 2.75) is 33.1 Å². The van der Waals surface area contributed by atoms with Crippen molar-refractivity contribution in [2.75, 3.05) is 10.2 Å². The second-order valence-corrected chi connectivity index (χ2v) is 8.62. The molecule has 2 bridgehead atoms. The Hall–Kier alpha value is -2.95. The minimum atomic E-state index is -0.310. The van der Waals surface area contributed by atoms with E-state index in [0.29, 0.717) is 23.1 Å². The van der Waals surface area contributed by atoms with Gasteiger partial charge < -0.3 is 5.32 Å². The number of imide groups is 1. The van der Waals surface area contributed by atoms with Crippen molar-refractivity contribution in [3.8, 4) is 0 Å². The van der Waals surface area contributed by atoms with E-state index < -0.39 is 0 Å². The first-order valence-electron chi connectivity index (χ1n) is 10.3. The van der Waals surface area contributed by atoms with Crippen molar-refractivity contribution in [3.05, 3.63) is 59.2 Å². The molecular formula is C24H24N2O3. The van der Waals surface area contributed by atoms with Gasteiger partial charge >= 0.3 is 0 Å². The lowest BCUT2D eigenvalue weighted by molar-refractivity contribution is -0.123. The first-order chi connectivity index (χ1) is 14.0. The lowest BCUT2D eigenvalue weighted by atomic mass is 9.81. The second-order valence-electron chi connectivity index (χ2n) is 8.62. The molecule has 4 atom stereocenters. The van der Waals surface area contributed by atoms with Crippen LogP contribution in [0.25, 0.3) is 0 Å². The zero-order chi connectivity index (χ0) is 20.3. The van der Waals surface area contributed by atoms with Gasteiger partial charge in [-0.1, -0.05) is 24.3 Å². The molecule has 2 saturated carbocycles. The van der Waals surface area contributed by atoms with Gasteiger partial charge in [0.15, 0.2) is 0 Å². The average Bonchev–Trinajstić information content (AvgIpc) is 3.39. The monoisotopic (exact) mass is 388 g/mol. The highest BCUT2D eigenvalue weighted by Gasteiger charge is 2.61. The molecule has 0 radical (unpaired) electrons. The van der Waals surface area contributed by atoms with E-state index in [1.807, 2.05) is 32.0 Å². The normalized spacial score (nSPS) is 27.4. The van der Waals surface area contributed by atoms with Crippen molar-refractivity contribution in [1.82, 2.24) is 0 Å². The summed E-state index contributed by atoms with van der Waals surface area (Å²) in [7, 11) is 0. The van der Waals surface area contributed by atoms with E-state index in [4.69, 9.17) is 0 Å². The molecule has 0 spiro atoms. The summed E-state index contributed by atoms with van der Waals surface area (Å²) in [6, 6.07) is 12.7. The fourth-order valence-corrected chi connectivity index (χ4v) is 5.58. The van der Waals surface area contributed by atoms with Crippen LogP contribution in [0.5, 0.6) is 0 Å². The summed E-state index contributed by atoms with van der Waals surface area (Å²) in [6.45, 7) is 3.95. The number of hydrogen-bond donors (Lipinski definition) is 1. The number of aryl methyl sites for hydroxylation is 1. The Morgan fingerprint density at radius 2 is 1.59 bits per heavy atom. The van der Waals surface area contributed by atoms with Crippen LogP contribution in [0, 0.1) is 37.5 Å². The molecule has 29 heavy (non-hydrogen) atoms. The number of hydrogen-bond acceptors (Lipinski definition) is 3. The lowest BCUT2D eigenvalue weighted by Gasteiger charge is -2.20. The Balaban J connectivity index is 1.49. The predicted molar refractivity (Wildman–Crippen MR) is 111 cm³/mol. The second kappa shape index (κ2) is 6.55. The molecule has 3 amide bonds. The van der Waals surface area contributed by atoms with Gasteiger partial charge in [-0.3, -0.25) is 14.4 Å². The molecule has 1 heterocycles. The molecule has 5 heteroatoms. The number of anilines is 2. The molecule has 2 aliphatic carbocycles. The van der Waals surface area contributed by atoms with Crippen molar-refractivity contribution in [1.29, 1.82) is 0 Å². The Labute approximate surface area is 170 Å². The highest BCUT2D eigenvalue weighted by atomic mass is 16.2. The summed E-state index contributed by atoms with van der Waals surface area (Å²) in [5, 5.41) is 2.95. The fraction of sp³-hybridized carbons (Fsp3) is 0.375. The fourth-order valence-electron chi connectivity index (χ4n) is 5.58. The topological polar surface area (TPSA) is 66.5 Å². The Kier molecular flexibility index (Phi) is 4.09. The third-order valence-electron chi connectivity index (χ3n) is 7.17. The van der Waals surface area contributed by atoms with Crippen LogP contribution in [0.3, 0.4) is 0 Å². The first kappa shape index (κ1) is 18.1. The summed E-state index contributed by atoms with van der Waals surface area (Å²) in [6.07, 6.45) is 3.07. The summed E-state index contributed by atoms with van der Waals surface area (Å²) >= 11 is 0. The van der Waals surface area contributed by atoms with E-state index in [-0.39, 0.29) is 29.6 Å². The summed E-state index contributed by atoms with van der Waals surface area (Å²) < 4.78 is 0. The lowest BCUT2D eigenvalue weighted by Crippen LogP contribution is -2.34. The van der Waals surface area contributed by atoms with Gasteiger partial charge in [0.05, 0.1) is 23.1 Å². The summed E-state index contributed by atoms with van der Waals surface area (Å²) in [4.78, 5) is 40.8. The molecule has 5 rings (SSSR count). The first-order valence-corrected chi connectivity index (χ1v) is 10.3. The quantitative estimate of drug-likeness (QED) is 0.806. The smallest absolute Gasteiger partial charge is 0.257 e. The van der Waals surface area contributed by atoms with Crippen molar-refractivity contribution < 1.29 is 14.4 Å². The van der Waals surface area contributed by atoms with Crippen LogP contribution in [0.2, 0.25) is 0 Å². The van der Waals surface area contributed by atoms with Crippen LogP contribution >= 0.6 is 0 Å². The number of para-hydroxylation sites is 1. The number of carbonyl (C=O) groups excluding carboxylic acids is 3. The molecule has 0 unspecified atom stereocenters. The van der Waals surface area contributed by atoms with Crippen LogP contribution in [0.4, 0.5) is 11.4 Å². The van der Waals surface area contributed by atoms with Crippen LogP contribution in [-0.4, -0.2) is 17.7 Å². The summed E-state index contributed by atoms with van der Waals surface area (Å²) in [5.41, 5.74) is 3.57. The minimum absolute atomic E-state index is 0.126. The highest BCUT2D eigenvalue weighted by molar-refractivity contribution is 6.25. The van der Waals surface area contributed by atoms with Gasteiger partial charge in [0.25, 0.3) is 5.91 Å². The number of benzene rings is 2. The highest BCUT2D eigenvalue weighted by Crippen LogP contribution is 2.56. The maximum Gasteiger partial charge on any atom is 0.257 e. The summed E-state index contributed by atoms with van der Waals surface area (Å²) in [5.74, 6) is -0.314. The number of rotatable bonds is 3. The minimum Gasteiger partial charge on any atom is -0.322 e. The van der Waals surface area contributed by atoms with Gasteiger partial charge in [0.2, 0.25) is 11.8 Å². The average molecular weight is 388 g/mol. The molecular weight excluding hydrogens is 364 g/mol. The molecule has 2 aromatic carbocycles. The zero-order valence-electron chi connectivity index (χ0n) is 16.6. The predicted octanol–water partition coefficient (Wildman–Crippen LogP) is 4.09. The van der Waals surface area contributed by atoms with Gasteiger partial charge in [-0.2, -0.15) is 0 Å². The van der Waals surface area contributed by atoms with E-state index >= 15 is 0 Å². The van der Waals surface area contributed by atoms with Crippen molar-refractivity contribution >= 4 is 29.1 Å². The molecule has 3 fully saturated rings. The zero-order valence-corrected chi connectivity index (χ0v) is 16.6. The van der Waals surface area contributed by atoms with Gasteiger partial charge in [-0.15, -0.1) is 0 Å². The maximum absolute atomic E-state index is 13.2. The van der Waals surface area contributed by atoms with Crippen LogP contribution in [0.15, 0.2) is 42.5 Å². The number of carbonyl (C=O) groups is 3. The molecule has 1 N–H and O–H groups in total. The number of amides is 3. The third kappa shape index (κ3) is 2.64. The van der Waals surface area contributed by atoms with E-state index in [0.717, 1.165) is 36.1 Å². The van der Waals surface area contributed by atoms with E-state index in [2.05, 4.69) is 5.32 Å². The standard InChI is InChI=1S/C24H24N2O3/c1-13-6-5-8-18(14(13)2)25-22(27)17-7-3-4-9-19(17)26-23(28)20-15-10-11-16(12-15)21(20)24(26)29/h3-9,15-16,20-21H,10-12H2,1-2H3,(H,25,27)/t15-,16-,20-,21-/m0/s1. The Morgan fingerprint density at radius 3 is 2.28 bits per heavy atom. The molecule has 1 saturated heterocycles. The van der Waals surface area contributed by atoms with Crippen molar-refractivity contribution in [2.24, 2.45) is 23.7 Å². The SMILES string of the molecule is Cc1cccc(NC(=O)c2ccccc2N2C(=O)[C@H]3[C@H]4CC[C@@H](C4)[C@@H]3C2=O)c1C. The largest absolute Gasteiger partial charge is 0.322 e. The van der Waals surface area contributed by atoms with E-state index in [1.165, 1.54) is 4.90 Å². The Bertz CT molecular complexity index is 1020. The van der Waals surface area contributed by atoms with E-state index in [9.17, 15) is 14.4 Å². The third-order valence-corrected chi connectivity index (χ3v) is 7.17. The van der Waals surface area contributed by atoms with Crippen LogP contribution < -0.4 is 10.2 Å². The van der Waals surface area contributed by atoms with Crippen LogP contribution in [0.1, 0.15) is 40.7 Å². The van der Waals surface area contributed by atoms with E-state index in [1.54, 1.807) is 24.3 Å².